The van der Waals surface area contributed by atoms with Crippen molar-refractivity contribution in [3.63, 3.8) is 0 Å². The zero-order valence-corrected chi connectivity index (χ0v) is 18.6. The maximum Gasteiger partial charge on any atom is 0.305 e. The second-order valence-corrected chi connectivity index (χ2v) is 8.72. The first kappa shape index (κ1) is 21.7. The number of hydrogen-bond donors (Lipinski definition) is 2. The molecule has 2 heterocycles. The van der Waals surface area contributed by atoms with Crippen molar-refractivity contribution in [2.45, 2.75) is 19.6 Å². The maximum atomic E-state index is 10.8. The highest BCUT2D eigenvalue weighted by Gasteiger charge is 2.13. The van der Waals surface area contributed by atoms with Gasteiger partial charge in [0.05, 0.1) is 17.0 Å². The standard InChI is InChI=1S/C24H20N2O4S2/c27-22(28)11-12-26-23(29)21(32-24(26)31)8-4-7-17-14-25-20-10-9-18(13-19(17)20)30-15-16-5-2-1-3-6-16/h1-10,13-14,29H,11-12,15H2,(H,27,28). The van der Waals surface area contributed by atoms with Crippen LogP contribution < -0.4 is 4.74 Å². The Morgan fingerprint density at radius 1 is 1.22 bits per heavy atom. The molecule has 2 aromatic carbocycles. The van der Waals surface area contributed by atoms with Crippen LogP contribution in [-0.2, 0) is 17.9 Å². The lowest BCUT2D eigenvalue weighted by Gasteiger charge is -2.08. The van der Waals surface area contributed by atoms with Gasteiger partial charge in [0, 0.05) is 23.9 Å². The van der Waals surface area contributed by atoms with Gasteiger partial charge in [0.1, 0.15) is 12.4 Å². The number of aliphatic imine (C=N–C) groups is 1. The van der Waals surface area contributed by atoms with Gasteiger partial charge in [0.2, 0.25) is 5.88 Å². The minimum atomic E-state index is -0.939. The van der Waals surface area contributed by atoms with E-state index in [0.29, 0.717) is 15.4 Å². The van der Waals surface area contributed by atoms with Crippen LogP contribution in [0.1, 0.15) is 22.4 Å². The van der Waals surface area contributed by atoms with Gasteiger partial charge in [-0.1, -0.05) is 42.5 Å². The summed E-state index contributed by atoms with van der Waals surface area (Å²) in [4.78, 5) is 15.8. The number of aromatic hydroxyl groups is 1. The summed E-state index contributed by atoms with van der Waals surface area (Å²) in [5.41, 5.74) is 3.86. The van der Waals surface area contributed by atoms with Crippen LogP contribution in [0.3, 0.4) is 0 Å². The third-order valence-electron chi connectivity index (χ3n) is 4.84. The van der Waals surface area contributed by atoms with Gasteiger partial charge in [-0.25, -0.2) is 0 Å². The summed E-state index contributed by atoms with van der Waals surface area (Å²) in [6.07, 6.45) is 7.15. The van der Waals surface area contributed by atoms with E-state index in [9.17, 15) is 9.90 Å². The van der Waals surface area contributed by atoms with Crippen LogP contribution in [0, 0.1) is 3.95 Å². The Kier molecular flexibility index (Phi) is 6.63. The first-order chi connectivity index (χ1) is 15.5. The van der Waals surface area contributed by atoms with Crippen molar-refractivity contribution in [1.29, 1.82) is 0 Å². The summed E-state index contributed by atoms with van der Waals surface area (Å²) >= 11 is 6.47. The zero-order valence-electron chi connectivity index (χ0n) is 17.0. The summed E-state index contributed by atoms with van der Waals surface area (Å²) in [7, 11) is 0. The quantitative estimate of drug-likeness (QED) is 0.409. The lowest BCUT2D eigenvalue weighted by molar-refractivity contribution is -0.137. The average Bonchev–Trinajstić information content (AvgIpc) is 3.31. The number of thiazole rings is 1. The molecule has 1 aromatic heterocycles. The molecule has 8 heteroatoms. The number of carboxylic acid groups (broad SMARTS) is 1. The van der Waals surface area contributed by atoms with Crippen LogP contribution in [0.5, 0.6) is 11.6 Å². The van der Waals surface area contributed by atoms with Crippen molar-refractivity contribution < 1.29 is 19.7 Å². The van der Waals surface area contributed by atoms with E-state index >= 15 is 0 Å². The fourth-order valence-electron chi connectivity index (χ4n) is 3.20. The van der Waals surface area contributed by atoms with Crippen LogP contribution in [0.25, 0.3) is 11.6 Å². The van der Waals surface area contributed by atoms with Gasteiger partial charge in [-0.2, -0.15) is 0 Å². The first-order valence-electron chi connectivity index (χ1n) is 9.89. The van der Waals surface area contributed by atoms with Crippen molar-refractivity contribution in [2.24, 2.45) is 4.99 Å². The highest BCUT2D eigenvalue weighted by Crippen LogP contribution is 2.35. The molecular weight excluding hydrogens is 444 g/mol. The Morgan fingerprint density at radius 2 is 2.03 bits per heavy atom. The molecule has 0 amide bonds. The van der Waals surface area contributed by atoms with E-state index < -0.39 is 5.97 Å². The molecule has 1 aliphatic rings. The SMILES string of the molecule is O=C(O)CCn1c(O)c(C=CC=C2C=Nc3ccc(OCc4ccccc4)cc32)sc1=S. The molecule has 0 spiro atoms. The molecule has 0 saturated heterocycles. The molecule has 0 radical (unpaired) electrons. The van der Waals surface area contributed by atoms with E-state index in [1.165, 1.54) is 15.9 Å². The lowest BCUT2D eigenvalue weighted by Crippen LogP contribution is -2.03. The molecule has 0 saturated carbocycles. The summed E-state index contributed by atoms with van der Waals surface area (Å²) in [5.74, 6) is -0.197. The van der Waals surface area contributed by atoms with Crippen molar-refractivity contribution >= 4 is 53.1 Å². The topological polar surface area (TPSA) is 84.0 Å². The fraction of sp³-hybridized carbons (Fsp3) is 0.125. The van der Waals surface area contributed by atoms with E-state index in [4.69, 9.17) is 22.1 Å². The smallest absolute Gasteiger partial charge is 0.305 e. The minimum Gasteiger partial charge on any atom is -0.493 e. The Labute approximate surface area is 194 Å². The molecule has 1 aliphatic heterocycles. The van der Waals surface area contributed by atoms with E-state index in [1.807, 2.05) is 60.7 Å². The molecule has 4 rings (SSSR count). The Morgan fingerprint density at radius 3 is 2.81 bits per heavy atom. The molecule has 0 aliphatic carbocycles. The largest absolute Gasteiger partial charge is 0.493 e. The number of hydrogen-bond acceptors (Lipinski definition) is 6. The lowest BCUT2D eigenvalue weighted by atomic mass is 10.1. The normalized spacial score (nSPS) is 13.7. The fourth-order valence-corrected chi connectivity index (χ4v) is 4.47. The first-order valence-corrected chi connectivity index (χ1v) is 11.1. The summed E-state index contributed by atoms with van der Waals surface area (Å²) in [6, 6.07) is 15.8. The number of rotatable bonds is 8. The predicted octanol–water partition coefficient (Wildman–Crippen LogP) is 5.85. The number of carboxylic acids is 1. The van der Waals surface area contributed by atoms with E-state index in [0.717, 1.165) is 28.1 Å². The number of nitrogens with zero attached hydrogens (tertiary/aromatic N) is 2. The van der Waals surface area contributed by atoms with Gasteiger partial charge in [0.25, 0.3) is 0 Å². The molecular formula is C24H20N2O4S2. The number of allylic oxidation sites excluding steroid dienone is 3. The zero-order chi connectivity index (χ0) is 22.5. The highest BCUT2D eigenvalue weighted by molar-refractivity contribution is 7.73. The Balaban J connectivity index is 1.48. The number of aliphatic carboxylic acids is 1. The molecule has 162 valence electrons. The van der Waals surface area contributed by atoms with Crippen molar-refractivity contribution in [1.82, 2.24) is 4.57 Å². The van der Waals surface area contributed by atoms with Crippen molar-refractivity contribution in [2.75, 3.05) is 0 Å². The van der Waals surface area contributed by atoms with Crippen LogP contribution in [0.15, 0.2) is 65.7 Å². The van der Waals surface area contributed by atoms with Gasteiger partial charge in [-0.3, -0.25) is 14.4 Å². The van der Waals surface area contributed by atoms with Gasteiger partial charge in [-0.15, -0.1) is 11.3 Å². The van der Waals surface area contributed by atoms with Crippen LogP contribution >= 0.6 is 23.6 Å². The Hall–Kier alpha value is -3.49. The molecule has 2 N–H and O–H groups in total. The summed E-state index contributed by atoms with van der Waals surface area (Å²) in [6.45, 7) is 0.625. The summed E-state index contributed by atoms with van der Waals surface area (Å²) < 4.78 is 7.79. The predicted molar refractivity (Wildman–Crippen MR) is 129 cm³/mol. The third-order valence-corrected chi connectivity index (χ3v) is 6.24. The molecule has 0 bridgehead atoms. The number of benzene rings is 2. The van der Waals surface area contributed by atoms with Gasteiger partial charge in [-0.05, 0) is 42.1 Å². The maximum absolute atomic E-state index is 10.8. The van der Waals surface area contributed by atoms with Crippen molar-refractivity contribution in [3.05, 3.63) is 80.6 Å². The molecule has 3 aromatic rings. The monoisotopic (exact) mass is 464 g/mol. The molecule has 6 nitrogen and oxygen atoms in total. The number of carbonyl (C=O) groups is 1. The van der Waals surface area contributed by atoms with Gasteiger partial charge < -0.3 is 14.9 Å². The second kappa shape index (κ2) is 9.76. The molecule has 32 heavy (non-hydrogen) atoms. The Bertz CT molecular complexity index is 1290. The van der Waals surface area contributed by atoms with Crippen LogP contribution in [-0.4, -0.2) is 27.0 Å². The van der Waals surface area contributed by atoms with Gasteiger partial charge >= 0.3 is 5.97 Å². The number of ether oxygens (including phenoxy) is 1. The van der Waals surface area contributed by atoms with Crippen LogP contribution in [0.4, 0.5) is 5.69 Å². The summed E-state index contributed by atoms with van der Waals surface area (Å²) in [5, 5.41) is 19.2. The van der Waals surface area contributed by atoms with Crippen molar-refractivity contribution in [3.8, 4) is 11.6 Å². The molecule has 0 atom stereocenters. The second-order valence-electron chi connectivity index (χ2n) is 7.04. The minimum absolute atomic E-state index is 0.0204. The van der Waals surface area contributed by atoms with E-state index in [2.05, 4.69) is 4.99 Å². The number of aromatic nitrogens is 1. The molecule has 0 unspecified atom stereocenters. The van der Waals surface area contributed by atoms with E-state index in [-0.39, 0.29) is 18.8 Å². The molecule has 0 fully saturated rings. The average molecular weight is 465 g/mol. The van der Waals surface area contributed by atoms with Crippen LogP contribution in [0.2, 0.25) is 0 Å². The highest BCUT2D eigenvalue weighted by atomic mass is 32.1. The number of fused-ring (bicyclic) bond motifs is 1. The van der Waals surface area contributed by atoms with E-state index in [1.54, 1.807) is 12.3 Å². The third kappa shape index (κ3) is 5.04. The van der Waals surface area contributed by atoms with Gasteiger partial charge in [0.15, 0.2) is 3.95 Å².